The predicted molar refractivity (Wildman–Crippen MR) is 93.7 cm³/mol. The highest BCUT2D eigenvalue weighted by molar-refractivity contribution is 6.30. The van der Waals surface area contributed by atoms with E-state index in [-0.39, 0.29) is 11.8 Å². The number of carbonyl (C=O) groups excluding carboxylic acids is 1. The molecule has 4 nitrogen and oxygen atoms in total. The zero-order valence-corrected chi connectivity index (χ0v) is 14.3. The third kappa shape index (κ3) is 4.56. The molecule has 1 atom stereocenters. The van der Waals surface area contributed by atoms with Gasteiger partial charge in [-0.3, -0.25) is 9.78 Å². The van der Waals surface area contributed by atoms with Crippen LogP contribution in [0.15, 0.2) is 48.8 Å². The van der Waals surface area contributed by atoms with Gasteiger partial charge in [0.15, 0.2) is 0 Å². The van der Waals surface area contributed by atoms with Gasteiger partial charge >= 0.3 is 0 Å². The molecule has 1 saturated heterocycles. The van der Waals surface area contributed by atoms with Gasteiger partial charge in [-0.25, -0.2) is 0 Å². The fraction of sp³-hybridized carbons (Fsp3) is 0.368. The summed E-state index contributed by atoms with van der Waals surface area (Å²) < 4.78 is 5.38. The van der Waals surface area contributed by atoms with Crippen LogP contribution in [0.5, 0.6) is 0 Å². The minimum Gasteiger partial charge on any atom is -0.381 e. The number of amides is 1. The third-order valence-corrected chi connectivity index (χ3v) is 4.55. The van der Waals surface area contributed by atoms with Gasteiger partial charge in [0.1, 0.15) is 0 Å². The number of aromatic nitrogens is 1. The second-order valence-corrected chi connectivity index (χ2v) is 6.49. The van der Waals surface area contributed by atoms with Crippen molar-refractivity contribution >= 4 is 17.5 Å². The fourth-order valence-electron chi connectivity index (χ4n) is 2.88. The summed E-state index contributed by atoms with van der Waals surface area (Å²) in [5.41, 5.74) is 2.27. The molecule has 1 aromatic heterocycles. The number of rotatable bonds is 6. The number of halogens is 1. The summed E-state index contributed by atoms with van der Waals surface area (Å²) in [4.78, 5) is 18.8. The smallest absolute Gasteiger partial charge is 0.228 e. The zero-order valence-electron chi connectivity index (χ0n) is 13.5. The number of carbonyl (C=O) groups is 1. The van der Waals surface area contributed by atoms with Gasteiger partial charge in [0, 0.05) is 37.1 Å². The normalized spacial score (nSPS) is 17.0. The van der Waals surface area contributed by atoms with Crippen LogP contribution in [0.3, 0.4) is 0 Å². The van der Waals surface area contributed by atoms with Crippen LogP contribution in [-0.4, -0.2) is 35.5 Å². The van der Waals surface area contributed by atoms with Crippen molar-refractivity contribution in [3.8, 4) is 0 Å². The van der Waals surface area contributed by atoms with Crippen molar-refractivity contribution in [3.63, 3.8) is 0 Å². The lowest BCUT2D eigenvalue weighted by atomic mass is 10.1. The highest BCUT2D eigenvalue weighted by Gasteiger charge is 2.27. The molecule has 1 aliphatic rings. The molecule has 0 bridgehead atoms. The predicted octanol–water partition coefficient (Wildman–Crippen LogP) is 3.34. The molecule has 0 aliphatic carbocycles. The number of nitrogens with zero attached hydrogens (tertiary/aromatic N) is 2. The summed E-state index contributed by atoms with van der Waals surface area (Å²) >= 11 is 5.93. The maximum Gasteiger partial charge on any atom is 0.228 e. The standard InChI is InChI=1S/C19H21ClN2O2/c20-18-3-1-15(2-4-18)7-11-22(13-16-5-9-21-10-6-16)19(23)17-8-12-24-14-17/h1-6,9-10,17H,7-8,11-14H2/t17-/m0/s1. The van der Waals surface area contributed by atoms with E-state index in [2.05, 4.69) is 4.98 Å². The van der Waals surface area contributed by atoms with Crippen molar-refractivity contribution in [3.05, 3.63) is 64.9 Å². The molecular weight excluding hydrogens is 324 g/mol. The van der Waals surface area contributed by atoms with Crippen LogP contribution in [0.25, 0.3) is 0 Å². The summed E-state index contributed by atoms with van der Waals surface area (Å²) in [7, 11) is 0. The van der Waals surface area contributed by atoms with Crippen LogP contribution >= 0.6 is 11.6 Å². The molecule has 3 rings (SSSR count). The van der Waals surface area contributed by atoms with E-state index >= 15 is 0 Å². The first kappa shape index (κ1) is 16.9. The maximum absolute atomic E-state index is 12.8. The number of ether oxygens (including phenoxy) is 1. The van der Waals surface area contributed by atoms with E-state index in [1.54, 1.807) is 12.4 Å². The Bertz CT molecular complexity index is 655. The van der Waals surface area contributed by atoms with Crippen LogP contribution in [0, 0.1) is 5.92 Å². The van der Waals surface area contributed by atoms with Crippen LogP contribution in [0.4, 0.5) is 0 Å². The second-order valence-electron chi connectivity index (χ2n) is 6.05. The molecule has 1 amide bonds. The average molecular weight is 345 g/mol. The lowest BCUT2D eigenvalue weighted by molar-refractivity contribution is -0.136. The Kier molecular flexibility index (Phi) is 5.83. The van der Waals surface area contributed by atoms with Crippen LogP contribution < -0.4 is 0 Å². The van der Waals surface area contributed by atoms with Crippen LogP contribution in [0.2, 0.25) is 5.02 Å². The number of hydrogen-bond acceptors (Lipinski definition) is 3. The highest BCUT2D eigenvalue weighted by atomic mass is 35.5. The Hall–Kier alpha value is -1.91. The van der Waals surface area contributed by atoms with Crippen LogP contribution in [-0.2, 0) is 22.5 Å². The van der Waals surface area contributed by atoms with Gasteiger partial charge in [0.25, 0.3) is 0 Å². The largest absolute Gasteiger partial charge is 0.381 e. The zero-order chi connectivity index (χ0) is 16.8. The minimum absolute atomic E-state index is 0.0166. The fourth-order valence-corrected chi connectivity index (χ4v) is 3.00. The molecule has 2 heterocycles. The molecule has 1 aliphatic heterocycles. The molecule has 1 fully saturated rings. The van der Waals surface area contributed by atoms with E-state index < -0.39 is 0 Å². The molecule has 5 heteroatoms. The molecule has 0 saturated carbocycles. The van der Waals surface area contributed by atoms with Gasteiger partial charge in [-0.15, -0.1) is 0 Å². The maximum atomic E-state index is 12.8. The van der Waals surface area contributed by atoms with Gasteiger partial charge in [-0.1, -0.05) is 23.7 Å². The van der Waals surface area contributed by atoms with Gasteiger partial charge in [0.05, 0.1) is 12.5 Å². The Morgan fingerprint density at radius 1 is 1.17 bits per heavy atom. The summed E-state index contributed by atoms with van der Waals surface area (Å²) in [6, 6.07) is 11.7. The summed E-state index contributed by atoms with van der Waals surface area (Å²) in [5, 5.41) is 0.728. The number of hydrogen-bond donors (Lipinski definition) is 0. The van der Waals surface area contributed by atoms with E-state index in [9.17, 15) is 4.79 Å². The SMILES string of the molecule is O=C([C@H]1CCOC1)N(CCc1ccc(Cl)cc1)Cc1ccncc1. The molecular formula is C19H21ClN2O2. The molecule has 1 aromatic carbocycles. The van der Waals surface area contributed by atoms with Crippen molar-refractivity contribution in [2.24, 2.45) is 5.92 Å². The number of benzene rings is 1. The molecule has 0 unspecified atom stereocenters. The van der Waals surface area contributed by atoms with E-state index in [1.165, 1.54) is 5.56 Å². The molecule has 0 spiro atoms. The van der Waals surface area contributed by atoms with E-state index in [1.807, 2.05) is 41.3 Å². The van der Waals surface area contributed by atoms with Gasteiger partial charge in [0.2, 0.25) is 5.91 Å². The Morgan fingerprint density at radius 3 is 2.58 bits per heavy atom. The Labute approximate surface area is 147 Å². The van der Waals surface area contributed by atoms with Gasteiger partial charge in [-0.05, 0) is 48.2 Å². The first-order valence-electron chi connectivity index (χ1n) is 8.22. The molecule has 0 radical (unpaired) electrons. The van der Waals surface area contributed by atoms with E-state index in [4.69, 9.17) is 16.3 Å². The molecule has 24 heavy (non-hydrogen) atoms. The second kappa shape index (κ2) is 8.27. The first-order chi connectivity index (χ1) is 11.7. The lowest BCUT2D eigenvalue weighted by Crippen LogP contribution is -2.37. The van der Waals surface area contributed by atoms with Crippen LogP contribution in [0.1, 0.15) is 17.5 Å². The molecule has 0 N–H and O–H groups in total. The van der Waals surface area contributed by atoms with Gasteiger partial charge in [-0.2, -0.15) is 0 Å². The summed E-state index contributed by atoms with van der Waals surface area (Å²) in [6.45, 7) is 2.49. The van der Waals surface area contributed by atoms with Gasteiger partial charge < -0.3 is 9.64 Å². The van der Waals surface area contributed by atoms with Crippen molar-refractivity contribution < 1.29 is 9.53 Å². The van der Waals surface area contributed by atoms with E-state index in [0.717, 1.165) is 23.4 Å². The topological polar surface area (TPSA) is 42.4 Å². The van der Waals surface area contributed by atoms with Crippen molar-refractivity contribution in [1.29, 1.82) is 0 Å². The van der Waals surface area contributed by atoms with Crippen molar-refractivity contribution in [1.82, 2.24) is 9.88 Å². The number of pyridine rings is 1. The third-order valence-electron chi connectivity index (χ3n) is 4.30. The Balaban J connectivity index is 1.68. The lowest BCUT2D eigenvalue weighted by Gasteiger charge is -2.25. The first-order valence-corrected chi connectivity index (χ1v) is 8.60. The summed E-state index contributed by atoms with van der Waals surface area (Å²) in [5.74, 6) is 0.162. The molecule has 2 aromatic rings. The minimum atomic E-state index is -0.0166. The average Bonchev–Trinajstić information content (AvgIpc) is 3.15. The summed E-state index contributed by atoms with van der Waals surface area (Å²) in [6.07, 6.45) is 5.14. The van der Waals surface area contributed by atoms with Crippen molar-refractivity contribution in [2.75, 3.05) is 19.8 Å². The van der Waals surface area contributed by atoms with E-state index in [0.29, 0.717) is 26.3 Å². The molecule has 126 valence electrons. The highest BCUT2D eigenvalue weighted by Crippen LogP contribution is 2.18. The van der Waals surface area contributed by atoms with Crippen molar-refractivity contribution in [2.45, 2.75) is 19.4 Å². The quantitative estimate of drug-likeness (QED) is 0.807. The monoisotopic (exact) mass is 344 g/mol. The Morgan fingerprint density at radius 2 is 1.92 bits per heavy atom.